The molecule has 0 bridgehead atoms. The van der Waals surface area contributed by atoms with E-state index in [1.54, 1.807) is 29.8 Å². The third-order valence-corrected chi connectivity index (χ3v) is 3.23. The minimum absolute atomic E-state index is 0.0334. The molecule has 0 saturated carbocycles. The van der Waals surface area contributed by atoms with Gasteiger partial charge in [-0.2, -0.15) is 0 Å². The Balaban J connectivity index is 2.02. The summed E-state index contributed by atoms with van der Waals surface area (Å²) in [6.07, 6.45) is 1.57. The van der Waals surface area contributed by atoms with E-state index in [2.05, 4.69) is 10.3 Å². The van der Waals surface area contributed by atoms with E-state index in [9.17, 15) is 9.59 Å². The Bertz CT molecular complexity index is 793. The maximum absolute atomic E-state index is 12.0. The molecule has 0 spiro atoms. The molecule has 0 aliphatic heterocycles. The first-order valence-electron chi connectivity index (χ1n) is 5.48. The smallest absolute Gasteiger partial charge is 0.349 e. The highest BCUT2D eigenvalue weighted by molar-refractivity contribution is 7.13. The lowest BCUT2D eigenvalue weighted by Crippen LogP contribution is -2.20. The van der Waals surface area contributed by atoms with Crippen LogP contribution in [0.1, 0.15) is 10.4 Å². The second-order valence-corrected chi connectivity index (χ2v) is 4.67. The second-order valence-electron chi connectivity index (χ2n) is 3.78. The number of para-hydroxylation sites is 1. The number of carbonyl (C=O) groups excluding carboxylic acids is 1. The van der Waals surface area contributed by atoms with Crippen molar-refractivity contribution in [3.63, 3.8) is 0 Å². The van der Waals surface area contributed by atoms with Crippen molar-refractivity contribution in [1.29, 1.82) is 0 Å². The highest BCUT2D eigenvalue weighted by atomic mass is 32.1. The van der Waals surface area contributed by atoms with Crippen LogP contribution in [0.4, 0.5) is 5.13 Å². The first kappa shape index (κ1) is 11.6. The Morgan fingerprint density at radius 2 is 2.16 bits per heavy atom. The van der Waals surface area contributed by atoms with Gasteiger partial charge in [-0.05, 0) is 12.1 Å². The Labute approximate surface area is 111 Å². The molecule has 1 amide bonds. The SMILES string of the molecule is O=C(Nc1nccs1)c1cc2ccccc2oc1=O. The molecule has 94 valence electrons. The summed E-state index contributed by atoms with van der Waals surface area (Å²) in [4.78, 5) is 27.7. The van der Waals surface area contributed by atoms with Crippen LogP contribution in [-0.2, 0) is 0 Å². The summed E-state index contributed by atoms with van der Waals surface area (Å²) in [5.41, 5.74) is -0.236. The molecule has 0 unspecified atom stereocenters. The van der Waals surface area contributed by atoms with Crippen LogP contribution in [0.5, 0.6) is 0 Å². The number of fused-ring (bicyclic) bond motifs is 1. The van der Waals surface area contributed by atoms with Gasteiger partial charge >= 0.3 is 5.63 Å². The predicted molar refractivity (Wildman–Crippen MR) is 72.6 cm³/mol. The molecule has 0 aliphatic rings. The number of aromatic nitrogens is 1. The maximum atomic E-state index is 12.0. The number of hydrogen-bond acceptors (Lipinski definition) is 5. The number of benzene rings is 1. The van der Waals surface area contributed by atoms with Crippen molar-refractivity contribution in [2.45, 2.75) is 0 Å². The van der Waals surface area contributed by atoms with Gasteiger partial charge in [-0.15, -0.1) is 11.3 Å². The summed E-state index contributed by atoms with van der Waals surface area (Å²) < 4.78 is 5.10. The fraction of sp³-hybridized carbons (Fsp3) is 0. The van der Waals surface area contributed by atoms with Gasteiger partial charge < -0.3 is 4.42 Å². The highest BCUT2D eigenvalue weighted by Gasteiger charge is 2.14. The van der Waals surface area contributed by atoms with Crippen molar-refractivity contribution in [1.82, 2.24) is 4.98 Å². The lowest BCUT2D eigenvalue weighted by molar-refractivity contribution is 0.102. The number of thiazole rings is 1. The van der Waals surface area contributed by atoms with Crippen LogP contribution in [0.3, 0.4) is 0 Å². The average Bonchev–Trinajstić information content (AvgIpc) is 2.90. The molecule has 0 fully saturated rings. The van der Waals surface area contributed by atoms with Gasteiger partial charge in [0.2, 0.25) is 0 Å². The molecular formula is C13H8N2O3S. The first-order chi connectivity index (χ1) is 9.24. The number of rotatable bonds is 2. The monoisotopic (exact) mass is 272 g/mol. The molecular weight excluding hydrogens is 264 g/mol. The molecule has 19 heavy (non-hydrogen) atoms. The number of anilines is 1. The molecule has 0 aliphatic carbocycles. The van der Waals surface area contributed by atoms with Gasteiger partial charge in [0.05, 0.1) is 0 Å². The lowest BCUT2D eigenvalue weighted by Gasteiger charge is -2.02. The number of hydrogen-bond donors (Lipinski definition) is 1. The van der Waals surface area contributed by atoms with Crippen molar-refractivity contribution in [2.75, 3.05) is 5.32 Å². The summed E-state index contributed by atoms with van der Waals surface area (Å²) in [5.74, 6) is -0.519. The number of carbonyl (C=O) groups is 1. The molecule has 3 rings (SSSR count). The molecule has 2 aromatic heterocycles. The van der Waals surface area contributed by atoms with E-state index < -0.39 is 11.5 Å². The molecule has 1 N–H and O–H groups in total. The highest BCUT2D eigenvalue weighted by Crippen LogP contribution is 2.15. The predicted octanol–water partition coefficient (Wildman–Crippen LogP) is 2.50. The van der Waals surface area contributed by atoms with Gasteiger partial charge in [-0.3, -0.25) is 10.1 Å². The van der Waals surface area contributed by atoms with E-state index in [0.29, 0.717) is 16.1 Å². The van der Waals surface area contributed by atoms with E-state index in [1.807, 2.05) is 6.07 Å². The van der Waals surface area contributed by atoms with Crippen LogP contribution in [0.15, 0.2) is 51.1 Å². The van der Waals surface area contributed by atoms with Crippen LogP contribution < -0.4 is 10.9 Å². The first-order valence-corrected chi connectivity index (χ1v) is 6.36. The van der Waals surface area contributed by atoms with E-state index in [4.69, 9.17) is 4.42 Å². The lowest BCUT2D eigenvalue weighted by atomic mass is 10.2. The topological polar surface area (TPSA) is 72.2 Å². The third-order valence-electron chi connectivity index (χ3n) is 2.54. The van der Waals surface area contributed by atoms with Crippen molar-refractivity contribution < 1.29 is 9.21 Å². The van der Waals surface area contributed by atoms with Crippen LogP contribution in [0.2, 0.25) is 0 Å². The second kappa shape index (κ2) is 4.66. The van der Waals surface area contributed by atoms with Crippen molar-refractivity contribution in [2.24, 2.45) is 0 Å². The minimum Gasteiger partial charge on any atom is -0.422 e. The fourth-order valence-corrected chi connectivity index (χ4v) is 2.19. The molecule has 1 aromatic carbocycles. The maximum Gasteiger partial charge on any atom is 0.349 e. The van der Waals surface area contributed by atoms with Gasteiger partial charge in [0.1, 0.15) is 11.1 Å². The summed E-state index contributed by atoms with van der Waals surface area (Å²) in [5, 5.41) is 5.43. The molecule has 0 atom stereocenters. The number of nitrogens with one attached hydrogen (secondary N) is 1. The summed E-state index contributed by atoms with van der Waals surface area (Å²) in [6.45, 7) is 0. The summed E-state index contributed by atoms with van der Waals surface area (Å²) >= 11 is 1.28. The molecule has 3 aromatic rings. The summed E-state index contributed by atoms with van der Waals surface area (Å²) in [7, 11) is 0. The third kappa shape index (κ3) is 2.25. The van der Waals surface area contributed by atoms with Gasteiger partial charge in [-0.25, -0.2) is 9.78 Å². The van der Waals surface area contributed by atoms with Gasteiger partial charge in [0.15, 0.2) is 5.13 Å². The zero-order valence-electron chi connectivity index (χ0n) is 9.62. The largest absolute Gasteiger partial charge is 0.422 e. The molecule has 6 heteroatoms. The standard InChI is InChI=1S/C13H8N2O3S/c16-11(15-13-14-5-6-19-13)9-7-8-3-1-2-4-10(8)18-12(9)17/h1-7H,(H,14,15,16). The Morgan fingerprint density at radius 3 is 2.95 bits per heavy atom. The average molecular weight is 272 g/mol. The molecule has 0 saturated heterocycles. The molecule has 5 nitrogen and oxygen atoms in total. The number of amides is 1. The molecule has 2 heterocycles. The zero-order valence-corrected chi connectivity index (χ0v) is 10.4. The minimum atomic E-state index is -0.659. The zero-order chi connectivity index (χ0) is 13.2. The van der Waals surface area contributed by atoms with Crippen LogP contribution in [0.25, 0.3) is 11.0 Å². The van der Waals surface area contributed by atoms with E-state index in [1.165, 1.54) is 17.4 Å². The Kier molecular flexibility index (Phi) is 2.85. The Morgan fingerprint density at radius 1 is 1.32 bits per heavy atom. The van der Waals surface area contributed by atoms with Crippen LogP contribution in [-0.4, -0.2) is 10.9 Å². The van der Waals surface area contributed by atoms with E-state index >= 15 is 0 Å². The van der Waals surface area contributed by atoms with Crippen molar-refractivity contribution in [3.8, 4) is 0 Å². The van der Waals surface area contributed by atoms with Crippen molar-refractivity contribution in [3.05, 3.63) is 57.9 Å². The van der Waals surface area contributed by atoms with E-state index in [0.717, 1.165) is 0 Å². The van der Waals surface area contributed by atoms with E-state index in [-0.39, 0.29) is 5.56 Å². The Hall–Kier alpha value is -2.47. The van der Waals surface area contributed by atoms with Crippen LogP contribution in [0, 0.1) is 0 Å². The van der Waals surface area contributed by atoms with Crippen LogP contribution >= 0.6 is 11.3 Å². The van der Waals surface area contributed by atoms with Gasteiger partial charge in [0, 0.05) is 17.0 Å². The fourth-order valence-electron chi connectivity index (χ4n) is 1.67. The van der Waals surface area contributed by atoms with Gasteiger partial charge in [-0.1, -0.05) is 18.2 Å². The quantitative estimate of drug-likeness (QED) is 0.727. The number of nitrogens with zero attached hydrogens (tertiary/aromatic N) is 1. The summed E-state index contributed by atoms with van der Waals surface area (Å²) in [6, 6.07) is 8.55. The molecule has 0 radical (unpaired) electrons. The van der Waals surface area contributed by atoms with Gasteiger partial charge in [0.25, 0.3) is 5.91 Å². The normalized spacial score (nSPS) is 10.5. The van der Waals surface area contributed by atoms with Crippen molar-refractivity contribution >= 4 is 33.3 Å².